The summed E-state index contributed by atoms with van der Waals surface area (Å²) in [6.07, 6.45) is 1.92. The third-order valence-corrected chi connectivity index (χ3v) is 4.83. The number of hydrogen-bond acceptors (Lipinski definition) is 6. The van der Waals surface area contributed by atoms with Crippen LogP contribution in [0.15, 0.2) is 53.7 Å². The van der Waals surface area contributed by atoms with Gasteiger partial charge in [-0.15, -0.1) is 0 Å². The molecule has 170 valence electrons. The van der Waals surface area contributed by atoms with Crippen molar-refractivity contribution in [3.8, 4) is 28.7 Å². The lowest BCUT2D eigenvalue weighted by Crippen LogP contribution is -2.36. The number of hydrogen-bond donors (Lipinski definition) is 2. The summed E-state index contributed by atoms with van der Waals surface area (Å²) < 4.78 is 23.2. The second-order valence-electron chi connectivity index (χ2n) is 6.76. The Balaban J connectivity index is 1.59. The number of nitrogens with one attached hydrogen (secondary N) is 2. The van der Waals surface area contributed by atoms with Crippen molar-refractivity contribution < 1.29 is 18.9 Å². The van der Waals surface area contributed by atoms with E-state index in [0.29, 0.717) is 36.3 Å². The zero-order valence-electron chi connectivity index (χ0n) is 19.0. The predicted molar refractivity (Wildman–Crippen MR) is 123 cm³/mol. The van der Waals surface area contributed by atoms with E-state index in [9.17, 15) is 0 Å². The van der Waals surface area contributed by atoms with Crippen LogP contribution in [0.4, 0.5) is 0 Å². The Morgan fingerprint density at radius 3 is 2.09 bits per heavy atom. The maximum absolute atomic E-state index is 5.41. The molecule has 0 aliphatic heterocycles. The van der Waals surface area contributed by atoms with Gasteiger partial charge >= 0.3 is 0 Å². The molecule has 0 amide bonds. The van der Waals surface area contributed by atoms with Gasteiger partial charge in [0.05, 0.1) is 46.4 Å². The largest absolute Gasteiger partial charge is 0.497 e. The molecule has 0 unspecified atom stereocenters. The van der Waals surface area contributed by atoms with Crippen molar-refractivity contribution in [1.82, 2.24) is 20.4 Å². The lowest BCUT2D eigenvalue weighted by Gasteiger charge is -2.15. The summed E-state index contributed by atoms with van der Waals surface area (Å²) in [5.74, 6) is 3.24. The van der Waals surface area contributed by atoms with Gasteiger partial charge in [0.15, 0.2) is 17.5 Å². The average Bonchev–Trinajstić information content (AvgIpc) is 3.32. The fourth-order valence-corrected chi connectivity index (χ4v) is 3.15. The highest BCUT2D eigenvalue weighted by atomic mass is 16.5. The molecule has 9 nitrogen and oxygen atoms in total. The minimum absolute atomic E-state index is 0.524. The van der Waals surface area contributed by atoms with Crippen LogP contribution >= 0.6 is 0 Å². The van der Waals surface area contributed by atoms with E-state index in [-0.39, 0.29) is 0 Å². The third kappa shape index (κ3) is 5.42. The molecule has 1 aromatic heterocycles. The molecule has 1 heterocycles. The highest BCUT2D eigenvalue weighted by Gasteiger charge is 2.13. The Morgan fingerprint density at radius 2 is 1.53 bits per heavy atom. The van der Waals surface area contributed by atoms with E-state index in [2.05, 4.69) is 20.7 Å². The Labute approximate surface area is 188 Å². The van der Waals surface area contributed by atoms with Crippen molar-refractivity contribution >= 4 is 5.96 Å². The summed E-state index contributed by atoms with van der Waals surface area (Å²) in [5.41, 5.74) is 2.81. The standard InChI is InChI=1S/C23H29N5O4/c1-24-23(25-14-16-12-20(30-3)22(32-5)21(13-16)31-4)26-15-17-10-11-28(27-17)18-6-8-19(29-2)9-7-18/h6-13H,14-15H2,1-5H3,(H2,24,25,26). The molecule has 0 radical (unpaired) electrons. The first-order valence-corrected chi connectivity index (χ1v) is 10.0. The van der Waals surface area contributed by atoms with Gasteiger partial charge in [0.1, 0.15) is 5.75 Å². The number of methoxy groups -OCH3 is 4. The normalized spacial score (nSPS) is 11.1. The molecule has 3 rings (SSSR count). The molecule has 0 aliphatic carbocycles. The molecule has 0 bridgehead atoms. The molecule has 0 saturated heterocycles. The number of aliphatic imine (C=N–C) groups is 1. The van der Waals surface area contributed by atoms with Crippen LogP contribution in [0, 0.1) is 0 Å². The third-order valence-electron chi connectivity index (χ3n) is 4.83. The average molecular weight is 440 g/mol. The highest BCUT2D eigenvalue weighted by Crippen LogP contribution is 2.38. The molecular formula is C23H29N5O4. The van der Waals surface area contributed by atoms with Crippen LogP contribution in [0.1, 0.15) is 11.3 Å². The van der Waals surface area contributed by atoms with Crippen molar-refractivity contribution in [3.63, 3.8) is 0 Å². The fourth-order valence-electron chi connectivity index (χ4n) is 3.15. The van der Waals surface area contributed by atoms with E-state index in [1.54, 1.807) is 35.5 Å². The molecule has 0 saturated carbocycles. The molecule has 32 heavy (non-hydrogen) atoms. The van der Waals surface area contributed by atoms with E-state index in [0.717, 1.165) is 22.7 Å². The van der Waals surface area contributed by atoms with Crippen LogP contribution in [0.5, 0.6) is 23.0 Å². The monoisotopic (exact) mass is 439 g/mol. The van der Waals surface area contributed by atoms with Crippen molar-refractivity contribution in [2.24, 2.45) is 4.99 Å². The number of aromatic nitrogens is 2. The lowest BCUT2D eigenvalue weighted by molar-refractivity contribution is 0.323. The molecule has 0 aliphatic rings. The molecule has 3 aromatic rings. The van der Waals surface area contributed by atoms with Gasteiger partial charge in [-0.05, 0) is 48.0 Å². The first kappa shape index (κ1) is 22.8. The summed E-state index contributed by atoms with van der Waals surface area (Å²) in [6, 6.07) is 13.5. The van der Waals surface area contributed by atoms with Gasteiger partial charge in [0.25, 0.3) is 0 Å². The minimum Gasteiger partial charge on any atom is -0.497 e. The lowest BCUT2D eigenvalue weighted by atomic mass is 10.2. The van der Waals surface area contributed by atoms with Crippen molar-refractivity contribution in [2.75, 3.05) is 35.5 Å². The number of rotatable bonds is 9. The highest BCUT2D eigenvalue weighted by molar-refractivity contribution is 5.79. The van der Waals surface area contributed by atoms with Crippen molar-refractivity contribution in [3.05, 3.63) is 59.9 Å². The van der Waals surface area contributed by atoms with Crippen LogP contribution in [0.2, 0.25) is 0 Å². The van der Waals surface area contributed by atoms with Crippen LogP contribution in [0.25, 0.3) is 5.69 Å². The summed E-state index contributed by atoms with van der Waals surface area (Å²) in [4.78, 5) is 4.28. The molecule has 0 fully saturated rings. The molecule has 2 N–H and O–H groups in total. The number of guanidine groups is 1. The molecule has 2 aromatic carbocycles. The number of nitrogens with zero attached hydrogens (tertiary/aromatic N) is 3. The van der Waals surface area contributed by atoms with E-state index in [4.69, 9.17) is 18.9 Å². The topological polar surface area (TPSA) is 91.2 Å². The van der Waals surface area contributed by atoms with Gasteiger partial charge in [-0.1, -0.05) is 0 Å². The van der Waals surface area contributed by atoms with E-state index < -0.39 is 0 Å². The maximum atomic E-state index is 5.41. The molecule has 0 atom stereocenters. The first-order valence-electron chi connectivity index (χ1n) is 10.0. The van der Waals surface area contributed by atoms with Gasteiger partial charge in [-0.25, -0.2) is 4.68 Å². The van der Waals surface area contributed by atoms with Crippen LogP contribution < -0.4 is 29.6 Å². The number of ether oxygens (including phenoxy) is 4. The van der Waals surface area contributed by atoms with E-state index in [1.807, 2.05) is 53.3 Å². The zero-order chi connectivity index (χ0) is 22.9. The molecular weight excluding hydrogens is 410 g/mol. The van der Waals surface area contributed by atoms with E-state index in [1.165, 1.54) is 0 Å². The minimum atomic E-state index is 0.524. The molecule has 0 spiro atoms. The number of benzene rings is 2. The van der Waals surface area contributed by atoms with E-state index >= 15 is 0 Å². The predicted octanol–water partition coefficient (Wildman–Crippen LogP) is 2.77. The quantitative estimate of drug-likeness (QED) is 0.391. The van der Waals surface area contributed by atoms with Gasteiger partial charge < -0.3 is 29.6 Å². The zero-order valence-corrected chi connectivity index (χ0v) is 19.0. The first-order chi connectivity index (χ1) is 15.6. The Hall–Kier alpha value is -3.88. The van der Waals surface area contributed by atoms with Crippen molar-refractivity contribution in [2.45, 2.75) is 13.1 Å². The Bertz CT molecular complexity index is 1020. The van der Waals surface area contributed by atoms with Gasteiger partial charge in [0, 0.05) is 19.8 Å². The Morgan fingerprint density at radius 1 is 0.875 bits per heavy atom. The Kier molecular flexibility index (Phi) is 7.80. The maximum Gasteiger partial charge on any atom is 0.203 e. The smallest absolute Gasteiger partial charge is 0.203 e. The van der Waals surface area contributed by atoms with Gasteiger partial charge in [-0.2, -0.15) is 5.10 Å². The summed E-state index contributed by atoms with van der Waals surface area (Å²) in [7, 11) is 8.15. The molecule has 9 heteroatoms. The van der Waals surface area contributed by atoms with Gasteiger partial charge in [-0.3, -0.25) is 4.99 Å². The summed E-state index contributed by atoms with van der Waals surface area (Å²) >= 11 is 0. The second-order valence-corrected chi connectivity index (χ2v) is 6.76. The summed E-state index contributed by atoms with van der Waals surface area (Å²) in [5, 5.41) is 11.2. The van der Waals surface area contributed by atoms with Crippen LogP contribution in [-0.2, 0) is 13.1 Å². The van der Waals surface area contributed by atoms with Crippen LogP contribution in [-0.4, -0.2) is 51.2 Å². The van der Waals surface area contributed by atoms with Gasteiger partial charge in [0.2, 0.25) is 5.75 Å². The van der Waals surface area contributed by atoms with Crippen molar-refractivity contribution in [1.29, 1.82) is 0 Å². The fraction of sp³-hybridized carbons (Fsp3) is 0.304. The summed E-state index contributed by atoms with van der Waals surface area (Å²) in [6.45, 7) is 1.05. The second kappa shape index (κ2) is 10.9. The SMILES string of the molecule is CN=C(NCc1cc(OC)c(OC)c(OC)c1)NCc1ccn(-c2ccc(OC)cc2)n1. The van der Waals surface area contributed by atoms with Crippen LogP contribution in [0.3, 0.4) is 0 Å².